The van der Waals surface area contributed by atoms with Crippen LogP contribution < -0.4 is 15.2 Å². The minimum Gasteiger partial charge on any atom is -0.493 e. The number of benzene rings is 1. The summed E-state index contributed by atoms with van der Waals surface area (Å²) in [4.78, 5) is 10.2. The molecule has 0 bridgehead atoms. The number of likely N-dealkylation sites (N-methyl/N-ethyl adjacent to an activating group) is 1. The van der Waals surface area contributed by atoms with E-state index in [1.54, 1.807) is 13.2 Å². The van der Waals surface area contributed by atoms with E-state index in [1.807, 2.05) is 25.1 Å². The van der Waals surface area contributed by atoms with Gasteiger partial charge in [0.05, 0.1) is 12.6 Å². The van der Waals surface area contributed by atoms with Crippen molar-refractivity contribution in [3.8, 4) is 11.5 Å². The first-order valence-electron chi connectivity index (χ1n) is 5.97. The van der Waals surface area contributed by atoms with Crippen molar-refractivity contribution in [2.75, 3.05) is 40.1 Å². The second-order valence-corrected chi connectivity index (χ2v) is 4.43. The summed E-state index contributed by atoms with van der Waals surface area (Å²) in [6.45, 7) is 1.41. The molecule has 0 amide bonds. The van der Waals surface area contributed by atoms with Crippen LogP contribution in [0.2, 0.25) is 0 Å². The van der Waals surface area contributed by atoms with Crippen molar-refractivity contribution in [2.24, 2.45) is 0 Å². The van der Waals surface area contributed by atoms with E-state index in [4.69, 9.17) is 15.2 Å². The summed E-state index contributed by atoms with van der Waals surface area (Å²) in [7, 11) is 5.59. The molecule has 0 unspecified atom stereocenters. The Morgan fingerprint density at radius 3 is 2.68 bits per heavy atom. The Bertz CT molecular complexity index is 572. The molecular weight excluding hydrogens is 244 g/mol. The summed E-state index contributed by atoms with van der Waals surface area (Å²) in [6, 6.07) is 3.62. The summed E-state index contributed by atoms with van der Waals surface area (Å²) < 4.78 is 11.0. The van der Waals surface area contributed by atoms with Gasteiger partial charge in [0.2, 0.25) is 0 Å². The van der Waals surface area contributed by atoms with Gasteiger partial charge in [-0.2, -0.15) is 0 Å². The number of rotatable bonds is 5. The van der Waals surface area contributed by atoms with Crippen molar-refractivity contribution < 1.29 is 9.47 Å². The Kier molecular flexibility index (Phi) is 4.01. The first-order chi connectivity index (χ1) is 9.11. The Morgan fingerprint density at radius 2 is 2.00 bits per heavy atom. The lowest BCUT2D eigenvalue weighted by atomic mass is 10.2. The highest BCUT2D eigenvalue weighted by atomic mass is 16.5. The van der Waals surface area contributed by atoms with Crippen LogP contribution >= 0.6 is 0 Å². The molecule has 6 nitrogen and oxygen atoms in total. The highest BCUT2D eigenvalue weighted by molar-refractivity contribution is 5.90. The molecule has 1 aromatic carbocycles. The summed E-state index contributed by atoms with van der Waals surface area (Å²) in [5.74, 6) is 1.73. The maximum Gasteiger partial charge on any atom is 0.163 e. The Hall–Kier alpha value is -2.08. The molecular formula is C13H18N4O2. The molecule has 19 heavy (non-hydrogen) atoms. The zero-order valence-corrected chi connectivity index (χ0v) is 11.4. The van der Waals surface area contributed by atoms with Gasteiger partial charge in [-0.3, -0.25) is 0 Å². The third-order valence-electron chi connectivity index (χ3n) is 2.75. The van der Waals surface area contributed by atoms with Gasteiger partial charge in [-0.25, -0.2) is 9.97 Å². The number of nitrogen functional groups attached to an aromatic ring is 1. The van der Waals surface area contributed by atoms with Gasteiger partial charge in [0.15, 0.2) is 11.5 Å². The average molecular weight is 262 g/mol. The largest absolute Gasteiger partial charge is 0.493 e. The predicted molar refractivity (Wildman–Crippen MR) is 74.6 cm³/mol. The number of ether oxygens (including phenoxy) is 2. The molecule has 0 fully saturated rings. The molecule has 0 saturated heterocycles. The van der Waals surface area contributed by atoms with E-state index in [-0.39, 0.29) is 0 Å². The zero-order valence-electron chi connectivity index (χ0n) is 11.4. The number of fused-ring (bicyclic) bond motifs is 1. The van der Waals surface area contributed by atoms with E-state index in [2.05, 4.69) is 9.97 Å². The number of nitrogens with zero attached hydrogens (tertiary/aromatic N) is 3. The summed E-state index contributed by atoms with van der Waals surface area (Å²) in [5, 5.41) is 0.763. The van der Waals surface area contributed by atoms with Gasteiger partial charge in [0.1, 0.15) is 18.8 Å². The maximum absolute atomic E-state index is 5.82. The van der Waals surface area contributed by atoms with Gasteiger partial charge in [-0.15, -0.1) is 0 Å². The van der Waals surface area contributed by atoms with Crippen molar-refractivity contribution in [2.45, 2.75) is 0 Å². The summed E-state index contributed by atoms with van der Waals surface area (Å²) >= 11 is 0. The van der Waals surface area contributed by atoms with Crippen molar-refractivity contribution >= 4 is 16.7 Å². The van der Waals surface area contributed by atoms with Gasteiger partial charge in [0.25, 0.3) is 0 Å². The number of hydrogen-bond acceptors (Lipinski definition) is 6. The standard InChI is InChI=1S/C13H18N4O2/c1-17(2)4-5-19-12-7-10-9(6-11(12)18-3)13(14)16-8-15-10/h6-8H,4-5H2,1-3H3,(H2,14,15,16). The monoisotopic (exact) mass is 262 g/mol. The number of methoxy groups -OCH3 is 1. The highest BCUT2D eigenvalue weighted by Gasteiger charge is 2.10. The van der Waals surface area contributed by atoms with Crippen LogP contribution in [0.4, 0.5) is 5.82 Å². The molecule has 0 radical (unpaired) electrons. The minimum atomic E-state index is 0.433. The molecule has 6 heteroatoms. The van der Waals surface area contributed by atoms with Crippen LogP contribution in [0.1, 0.15) is 0 Å². The van der Waals surface area contributed by atoms with Gasteiger partial charge in [-0.1, -0.05) is 0 Å². The predicted octanol–water partition coefficient (Wildman–Crippen LogP) is 1.16. The molecule has 0 aliphatic rings. The minimum absolute atomic E-state index is 0.433. The lowest BCUT2D eigenvalue weighted by Crippen LogP contribution is -2.19. The van der Waals surface area contributed by atoms with Crippen LogP contribution in [0.3, 0.4) is 0 Å². The van der Waals surface area contributed by atoms with E-state index in [9.17, 15) is 0 Å². The molecule has 2 aromatic rings. The van der Waals surface area contributed by atoms with E-state index < -0.39 is 0 Å². The van der Waals surface area contributed by atoms with E-state index in [0.29, 0.717) is 23.9 Å². The fourth-order valence-electron chi connectivity index (χ4n) is 1.69. The van der Waals surface area contributed by atoms with Gasteiger partial charge >= 0.3 is 0 Å². The third kappa shape index (κ3) is 3.03. The summed E-state index contributed by atoms with van der Waals surface area (Å²) in [5.41, 5.74) is 6.56. The molecule has 2 rings (SSSR count). The topological polar surface area (TPSA) is 73.5 Å². The van der Waals surface area contributed by atoms with Crippen molar-refractivity contribution in [3.05, 3.63) is 18.5 Å². The van der Waals surface area contributed by atoms with Gasteiger partial charge in [-0.05, 0) is 20.2 Å². The van der Waals surface area contributed by atoms with Gasteiger partial charge in [0, 0.05) is 18.0 Å². The number of aromatic nitrogens is 2. The van der Waals surface area contributed by atoms with E-state index >= 15 is 0 Å². The van der Waals surface area contributed by atoms with Crippen LogP contribution in [0.25, 0.3) is 10.9 Å². The number of anilines is 1. The molecule has 0 aliphatic carbocycles. The molecule has 1 aromatic heterocycles. The van der Waals surface area contributed by atoms with Crippen molar-refractivity contribution in [1.82, 2.24) is 14.9 Å². The third-order valence-corrected chi connectivity index (χ3v) is 2.75. The van der Waals surface area contributed by atoms with E-state index in [0.717, 1.165) is 17.4 Å². The fourth-order valence-corrected chi connectivity index (χ4v) is 1.69. The average Bonchev–Trinajstić information content (AvgIpc) is 2.38. The van der Waals surface area contributed by atoms with Crippen LogP contribution in [0, 0.1) is 0 Å². The summed E-state index contributed by atoms with van der Waals surface area (Å²) in [6.07, 6.45) is 1.44. The van der Waals surface area contributed by atoms with Crippen LogP contribution in [0.5, 0.6) is 11.5 Å². The SMILES string of the molecule is COc1cc2c(N)ncnc2cc1OCCN(C)C. The quantitative estimate of drug-likeness (QED) is 0.871. The van der Waals surface area contributed by atoms with Gasteiger partial charge < -0.3 is 20.1 Å². The molecule has 2 N–H and O–H groups in total. The lowest BCUT2D eigenvalue weighted by Gasteiger charge is -2.14. The molecule has 0 aliphatic heterocycles. The maximum atomic E-state index is 5.82. The zero-order chi connectivity index (χ0) is 13.8. The lowest BCUT2D eigenvalue weighted by molar-refractivity contribution is 0.251. The highest BCUT2D eigenvalue weighted by Crippen LogP contribution is 2.32. The Balaban J connectivity index is 2.32. The molecule has 102 valence electrons. The molecule has 1 heterocycles. The number of hydrogen-bond donors (Lipinski definition) is 1. The van der Waals surface area contributed by atoms with Crippen LogP contribution in [-0.2, 0) is 0 Å². The van der Waals surface area contributed by atoms with Crippen LogP contribution in [0.15, 0.2) is 18.5 Å². The molecule has 0 spiro atoms. The second-order valence-electron chi connectivity index (χ2n) is 4.43. The van der Waals surface area contributed by atoms with E-state index in [1.165, 1.54) is 6.33 Å². The van der Waals surface area contributed by atoms with Crippen molar-refractivity contribution in [3.63, 3.8) is 0 Å². The fraction of sp³-hybridized carbons (Fsp3) is 0.385. The Morgan fingerprint density at radius 1 is 1.21 bits per heavy atom. The first-order valence-corrected chi connectivity index (χ1v) is 5.97. The Labute approximate surface area is 112 Å². The van der Waals surface area contributed by atoms with Crippen LogP contribution in [-0.4, -0.2) is 49.2 Å². The first kappa shape index (κ1) is 13.4. The number of nitrogens with two attached hydrogens (primary N) is 1. The smallest absolute Gasteiger partial charge is 0.163 e. The molecule has 0 atom stereocenters. The normalized spacial score (nSPS) is 10.9. The second kappa shape index (κ2) is 5.71. The van der Waals surface area contributed by atoms with Crippen molar-refractivity contribution in [1.29, 1.82) is 0 Å². The molecule has 0 saturated carbocycles.